The molecule has 0 amide bonds. The van der Waals surface area contributed by atoms with Crippen molar-refractivity contribution in [2.24, 2.45) is 0 Å². The molecule has 1 aliphatic rings. The summed E-state index contributed by atoms with van der Waals surface area (Å²) in [5, 5.41) is 18.8. The minimum Gasteiger partial charge on any atom is -0.481 e. The second-order valence-electron chi connectivity index (χ2n) is 2.04. The van der Waals surface area contributed by atoms with Crippen molar-refractivity contribution in [3.8, 4) is 0 Å². The molecule has 1 saturated heterocycles. The van der Waals surface area contributed by atoms with Crippen LogP contribution >= 0.6 is 0 Å². The summed E-state index contributed by atoms with van der Waals surface area (Å²) in [6.45, 7) is 2.50. The molecule has 0 saturated carbocycles. The van der Waals surface area contributed by atoms with Crippen LogP contribution in [0.25, 0.3) is 0 Å². The predicted octanol–water partition coefficient (Wildman–Crippen LogP) is -0.313. The first-order chi connectivity index (χ1) is 5.13. The Morgan fingerprint density at radius 1 is 1.08 bits per heavy atom. The Kier molecular flexibility index (Phi) is 8.92. The minimum atomic E-state index is -1.08. The molecule has 1 aliphatic heterocycles. The lowest BCUT2D eigenvalue weighted by Crippen LogP contribution is -2.00. The zero-order valence-electron chi connectivity index (χ0n) is 6.75. The Labute approximate surface area is 70.2 Å². The van der Waals surface area contributed by atoms with Gasteiger partial charge in [0.05, 0.1) is 12.8 Å². The summed E-state index contributed by atoms with van der Waals surface area (Å²) in [5.41, 5.74) is 0. The van der Waals surface area contributed by atoms with Gasteiger partial charge in [-0.1, -0.05) is 0 Å². The molecule has 0 aliphatic carbocycles. The van der Waals surface area contributed by atoms with Crippen molar-refractivity contribution in [2.45, 2.75) is 12.8 Å². The van der Waals surface area contributed by atoms with E-state index in [1.807, 2.05) is 0 Å². The molecule has 1 fully saturated rings. The van der Waals surface area contributed by atoms with E-state index in [0.717, 1.165) is 0 Å². The highest BCUT2D eigenvalue weighted by Crippen LogP contribution is 1.86. The molecular weight excluding hydrogens is 164 g/mol. The second kappa shape index (κ2) is 7.96. The number of hydrogen-bond acceptors (Lipinski definition) is 4. The van der Waals surface area contributed by atoms with Crippen molar-refractivity contribution in [3.63, 3.8) is 0 Å². The van der Waals surface area contributed by atoms with Crippen LogP contribution in [0.5, 0.6) is 0 Å². The van der Waals surface area contributed by atoms with Crippen LogP contribution < -0.4 is 11.5 Å². The van der Waals surface area contributed by atoms with E-state index in [9.17, 15) is 9.59 Å². The molecule has 72 valence electrons. The molecule has 0 bridgehead atoms. The Bertz CT molecular complexity index is 130. The van der Waals surface area contributed by atoms with Gasteiger partial charge in [-0.2, -0.15) is 0 Å². The van der Waals surface area contributed by atoms with Crippen molar-refractivity contribution >= 4 is 11.9 Å². The minimum absolute atomic E-state index is 0. The molecule has 6 heteroatoms. The number of carboxylic acids is 2. The Morgan fingerprint density at radius 3 is 1.42 bits per heavy atom. The molecule has 12 heavy (non-hydrogen) atoms. The third-order valence-corrected chi connectivity index (χ3v) is 0.803. The zero-order chi connectivity index (χ0) is 8.69. The van der Waals surface area contributed by atoms with E-state index >= 15 is 0 Å². The van der Waals surface area contributed by atoms with E-state index in [-0.39, 0.29) is 19.0 Å². The highest BCUT2D eigenvalue weighted by Gasteiger charge is 2.00. The number of aliphatic carboxylic acids is 2. The molecule has 0 atom stereocenters. The van der Waals surface area contributed by atoms with Crippen molar-refractivity contribution in [2.75, 3.05) is 13.1 Å². The highest BCUT2D eigenvalue weighted by atomic mass is 16.4. The van der Waals surface area contributed by atoms with Gasteiger partial charge >= 0.3 is 11.9 Å². The molecular formula is C6H14N2O4. The van der Waals surface area contributed by atoms with Crippen LogP contribution in [-0.2, 0) is 9.59 Å². The lowest BCUT2D eigenvalue weighted by atomic mass is 10.3. The smallest absolute Gasteiger partial charge is 0.303 e. The van der Waals surface area contributed by atoms with Crippen LogP contribution in [0, 0.1) is 0 Å². The monoisotopic (exact) mass is 178 g/mol. The number of hydrogen-bond donors (Lipinski definition) is 4. The fourth-order valence-electron chi connectivity index (χ4n) is 0.214. The van der Waals surface area contributed by atoms with Gasteiger partial charge in [0.25, 0.3) is 0 Å². The van der Waals surface area contributed by atoms with Gasteiger partial charge in [0.2, 0.25) is 0 Å². The summed E-state index contributed by atoms with van der Waals surface area (Å²) >= 11 is 0. The quantitative estimate of drug-likeness (QED) is 0.438. The first-order valence-electron chi connectivity index (χ1n) is 3.27. The topological polar surface area (TPSA) is 132 Å². The lowest BCUT2D eigenvalue weighted by molar-refractivity contribution is -0.143. The summed E-state index contributed by atoms with van der Waals surface area (Å²) < 4.78 is 0. The van der Waals surface area contributed by atoms with Gasteiger partial charge in [0.15, 0.2) is 0 Å². The molecule has 0 aromatic rings. The van der Waals surface area contributed by atoms with Gasteiger partial charge < -0.3 is 21.7 Å². The SMILES string of the molecule is C1CN1.N.O=C(O)CCC(=O)O. The average molecular weight is 178 g/mol. The molecule has 0 radical (unpaired) electrons. The van der Waals surface area contributed by atoms with Gasteiger partial charge in [-0.25, -0.2) is 0 Å². The summed E-state index contributed by atoms with van der Waals surface area (Å²) in [5.74, 6) is -2.15. The maximum absolute atomic E-state index is 9.64. The fourth-order valence-corrected chi connectivity index (χ4v) is 0.214. The molecule has 1 heterocycles. The van der Waals surface area contributed by atoms with E-state index in [1.54, 1.807) is 0 Å². The largest absolute Gasteiger partial charge is 0.481 e. The molecule has 1 rings (SSSR count). The Balaban J connectivity index is 0. The number of carboxylic acid groups (broad SMARTS) is 2. The molecule has 0 aromatic carbocycles. The fraction of sp³-hybridized carbons (Fsp3) is 0.667. The van der Waals surface area contributed by atoms with Gasteiger partial charge in [0, 0.05) is 13.1 Å². The summed E-state index contributed by atoms with van der Waals surface area (Å²) in [6.07, 6.45) is -0.593. The van der Waals surface area contributed by atoms with E-state index in [4.69, 9.17) is 10.2 Å². The van der Waals surface area contributed by atoms with Crippen LogP contribution in [0.4, 0.5) is 0 Å². The van der Waals surface area contributed by atoms with Crippen molar-refractivity contribution in [3.05, 3.63) is 0 Å². The van der Waals surface area contributed by atoms with Crippen LogP contribution in [0.2, 0.25) is 0 Å². The van der Waals surface area contributed by atoms with E-state index < -0.39 is 11.9 Å². The van der Waals surface area contributed by atoms with Gasteiger partial charge in [0.1, 0.15) is 0 Å². The predicted molar refractivity (Wildman–Crippen MR) is 42.4 cm³/mol. The van der Waals surface area contributed by atoms with E-state index in [0.29, 0.717) is 0 Å². The first-order valence-corrected chi connectivity index (χ1v) is 3.27. The summed E-state index contributed by atoms with van der Waals surface area (Å²) in [6, 6.07) is 0. The summed E-state index contributed by atoms with van der Waals surface area (Å²) in [7, 11) is 0. The molecule has 0 spiro atoms. The Morgan fingerprint density at radius 2 is 1.33 bits per heavy atom. The van der Waals surface area contributed by atoms with Crippen LogP contribution in [0.3, 0.4) is 0 Å². The number of nitrogens with one attached hydrogen (secondary N) is 1. The van der Waals surface area contributed by atoms with Crippen LogP contribution in [0.15, 0.2) is 0 Å². The van der Waals surface area contributed by atoms with E-state index in [1.165, 1.54) is 13.1 Å². The standard InChI is InChI=1S/C4H6O4.C2H5N.H3N/c5-3(6)1-2-4(7)8;1-2-3-1;/h1-2H2,(H,5,6)(H,7,8);3H,1-2H2;1H3. The average Bonchev–Trinajstić information content (AvgIpc) is 2.67. The molecule has 6 N–H and O–H groups in total. The third kappa shape index (κ3) is 23.2. The lowest BCUT2D eigenvalue weighted by Gasteiger charge is -1.85. The van der Waals surface area contributed by atoms with Crippen molar-refractivity contribution < 1.29 is 19.8 Å². The third-order valence-electron chi connectivity index (χ3n) is 0.803. The highest BCUT2D eigenvalue weighted by molar-refractivity contribution is 5.75. The zero-order valence-corrected chi connectivity index (χ0v) is 6.75. The maximum Gasteiger partial charge on any atom is 0.303 e. The van der Waals surface area contributed by atoms with Gasteiger partial charge in [-0.05, 0) is 0 Å². The maximum atomic E-state index is 9.64. The summed E-state index contributed by atoms with van der Waals surface area (Å²) in [4.78, 5) is 19.3. The molecule has 0 unspecified atom stereocenters. The van der Waals surface area contributed by atoms with Crippen molar-refractivity contribution in [1.82, 2.24) is 11.5 Å². The van der Waals surface area contributed by atoms with E-state index in [2.05, 4.69) is 5.32 Å². The second-order valence-corrected chi connectivity index (χ2v) is 2.04. The van der Waals surface area contributed by atoms with Crippen molar-refractivity contribution in [1.29, 1.82) is 0 Å². The molecule has 6 nitrogen and oxygen atoms in total. The normalized spacial score (nSPS) is 11.7. The number of rotatable bonds is 3. The first kappa shape index (κ1) is 13.4. The van der Waals surface area contributed by atoms with Crippen LogP contribution in [0.1, 0.15) is 12.8 Å². The number of carbonyl (C=O) groups is 2. The van der Waals surface area contributed by atoms with Crippen LogP contribution in [-0.4, -0.2) is 35.2 Å². The van der Waals surface area contributed by atoms with Gasteiger partial charge in [-0.15, -0.1) is 0 Å². The Hall–Kier alpha value is -1.14. The van der Waals surface area contributed by atoms with Gasteiger partial charge in [-0.3, -0.25) is 9.59 Å². The molecule has 0 aromatic heterocycles.